The number of carbonyl (C=O) groups excluding carboxylic acids is 2. The SMILES string of the molecule is CC[C@H]1CN2CC[C@H]1C[C@@H]2C(OC(C)=O)C1CC(=O)Nc2ccccc21. The van der Waals surface area contributed by atoms with E-state index < -0.39 is 0 Å². The summed E-state index contributed by atoms with van der Waals surface area (Å²) in [6.07, 6.45) is 3.63. The van der Waals surface area contributed by atoms with Gasteiger partial charge in [0.05, 0.1) is 0 Å². The van der Waals surface area contributed by atoms with Crippen molar-refractivity contribution in [3.05, 3.63) is 29.8 Å². The molecule has 1 N–H and O–H groups in total. The average Bonchev–Trinajstić information content (AvgIpc) is 2.65. The van der Waals surface area contributed by atoms with Crippen molar-refractivity contribution in [3.8, 4) is 0 Å². The Morgan fingerprint density at radius 2 is 2.19 bits per heavy atom. The highest BCUT2D eigenvalue weighted by Crippen LogP contribution is 2.44. The molecule has 1 aromatic rings. The number of carbonyl (C=O) groups is 2. The molecular formula is C21H28N2O3. The van der Waals surface area contributed by atoms with E-state index in [4.69, 9.17) is 4.74 Å². The molecule has 3 saturated heterocycles. The molecule has 1 aromatic carbocycles. The number of hydrogen-bond donors (Lipinski definition) is 1. The summed E-state index contributed by atoms with van der Waals surface area (Å²) in [6.45, 7) is 5.91. The Hall–Kier alpha value is -1.88. The van der Waals surface area contributed by atoms with Gasteiger partial charge in [0.15, 0.2) is 0 Å². The van der Waals surface area contributed by atoms with Crippen molar-refractivity contribution in [2.45, 2.75) is 57.6 Å². The van der Waals surface area contributed by atoms with Gasteiger partial charge in [0.1, 0.15) is 6.10 Å². The van der Waals surface area contributed by atoms with Crippen molar-refractivity contribution < 1.29 is 14.3 Å². The fourth-order valence-electron chi connectivity index (χ4n) is 5.34. The molecule has 0 saturated carbocycles. The molecule has 5 nitrogen and oxygen atoms in total. The normalized spacial score (nSPS) is 33.9. The number of nitrogens with zero attached hydrogens (tertiary/aromatic N) is 1. The van der Waals surface area contributed by atoms with E-state index in [2.05, 4.69) is 23.2 Å². The van der Waals surface area contributed by atoms with Crippen LogP contribution in [0, 0.1) is 11.8 Å². The second kappa shape index (κ2) is 7.03. The summed E-state index contributed by atoms with van der Waals surface area (Å²) < 4.78 is 5.90. The Labute approximate surface area is 155 Å². The van der Waals surface area contributed by atoms with Crippen LogP contribution in [0.5, 0.6) is 0 Å². The van der Waals surface area contributed by atoms with Crippen LogP contribution >= 0.6 is 0 Å². The monoisotopic (exact) mass is 356 g/mol. The topological polar surface area (TPSA) is 58.6 Å². The molecule has 26 heavy (non-hydrogen) atoms. The highest BCUT2D eigenvalue weighted by Gasteiger charge is 2.47. The third-order valence-electron chi connectivity index (χ3n) is 6.58. The van der Waals surface area contributed by atoms with Gasteiger partial charge >= 0.3 is 5.97 Å². The Balaban J connectivity index is 1.66. The molecule has 2 bridgehead atoms. The Kier molecular flexibility index (Phi) is 4.74. The predicted molar refractivity (Wildman–Crippen MR) is 99.8 cm³/mol. The minimum atomic E-state index is -0.264. The Bertz CT molecular complexity index is 704. The summed E-state index contributed by atoms with van der Waals surface area (Å²) in [7, 11) is 0. The molecule has 3 fully saturated rings. The fraction of sp³-hybridized carbons (Fsp3) is 0.619. The molecule has 1 amide bonds. The molecule has 3 unspecified atom stereocenters. The largest absolute Gasteiger partial charge is 0.460 e. The van der Waals surface area contributed by atoms with Crippen LogP contribution in [0.4, 0.5) is 5.69 Å². The summed E-state index contributed by atoms with van der Waals surface area (Å²) in [6, 6.07) is 8.13. The van der Waals surface area contributed by atoms with Crippen LogP contribution < -0.4 is 5.32 Å². The lowest BCUT2D eigenvalue weighted by Gasteiger charge is -2.53. The number of amides is 1. The number of fused-ring (bicyclic) bond motifs is 4. The Morgan fingerprint density at radius 1 is 1.38 bits per heavy atom. The van der Waals surface area contributed by atoms with Crippen LogP contribution in [0.2, 0.25) is 0 Å². The van der Waals surface area contributed by atoms with Gasteiger partial charge in [-0.15, -0.1) is 0 Å². The van der Waals surface area contributed by atoms with Crippen LogP contribution in [0.3, 0.4) is 0 Å². The first-order valence-corrected chi connectivity index (χ1v) is 9.86. The van der Waals surface area contributed by atoms with Gasteiger partial charge in [-0.3, -0.25) is 14.5 Å². The number of para-hydroxylation sites is 1. The van der Waals surface area contributed by atoms with Crippen LogP contribution in [0.25, 0.3) is 0 Å². The van der Waals surface area contributed by atoms with E-state index in [-0.39, 0.29) is 29.9 Å². The number of piperidine rings is 3. The molecule has 140 valence electrons. The van der Waals surface area contributed by atoms with Gasteiger partial charge in [0.2, 0.25) is 5.91 Å². The molecule has 5 heteroatoms. The van der Waals surface area contributed by atoms with Crippen molar-refractivity contribution in [3.63, 3.8) is 0 Å². The summed E-state index contributed by atoms with van der Waals surface area (Å²) in [5.41, 5.74) is 1.95. The molecule has 4 heterocycles. The lowest BCUT2D eigenvalue weighted by Crippen LogP contribution is -2.59. The molecule has 0 aromatic heterocycles. The van der Waals surface area contributed by atoms with Crippen molar-refractivity contribution >= 4 is 17.6 Å². The summed E-state index contributed by atoms with van der Waals surface area (Å²) >= 11 is 0. The number of anilines is 1. The second-order valence-electron chi connectivity index (χ2n) is 8.04. The van der Waals surface area contributed by atoms with E-state index in [9.17, 15) is 9.59 Å². The number of rotatable bonds is 4. The molecule has 4 aliphatic rings. The maximum Gasteiger partial charge on any atom is 0.302 e. The van der Waals surface area contributed by atoms with Gasteiger partial charge in [-0.05, 0) is 42.9 Å². The van der Waals surface area contributed by atoms with E-state index in [0.717, 1.165) is 36.7 Å². The molecule has 0 spiro atoms. The maximum absolute atomic E-state index is 12.3. The van der Waals surface area contributed by atoms with Crippen molar-refractivity contribution in [2.75, 3.05) is 18.4 Å². The van der Waals surface area contributed by atoms with Crippen molar-refractivity contribution in [1.29, 1.82) is 0 Å². The number of hydrogen-bond acceptors (Lipinski definition) is 4. The smallest absolute Gasteiger partial charge is 0.302 e. The lowest BCUT2D eigenvalue weighted by molar-refractivity contribution is -0.157. The minimum Gasteiger partial charge on any atom is -0.460 e. The quantitative estimate of drug-likeness (QED) is 0.842. The van der Waals surface area contributed by atoms with Crippen LogP contribution in [0.1, 0.15) is 51.0 Å². The molecule has 4 aliphatic heterocycles. The van der Waals surface area contributed by atoms with E-state index in [1.807, 2.05) is 18.2 Å². The molecule has 0 radical (unpaired) electrons. The van der Waals surface area contributed by atoms with Crippen LogP contribution in [-0.2, 0) is 14.3 Å². The summed E-state index contributed by atoms with van der Waals surface area (Å²) in [4.78, 5) is 26.7. The van der Waals surface area contributed by atoms with Crippen molar-refractivity contribution in [1.82, 2.24) is 4.90 Å². The predicted octanol–water partition coefficient (Wildman–Crippen LogP) is 3.16. The van der Waals surface area contributed by atoms with E-state index in [1.165, 1.54) is 19.8 Å². The van der Waals surface area contributed by atoms with Crippen LogP contribution in [0.15, 0.2) is 24.3 Å². The molecular weight excluding hydrogens is 328 g/mol. The number of esters is 1. The maximum atomic E-state index is 12.3. The zero-order valence-electron chi connectivity index (χ0n) is 15.6. The van der Waals surface area contributed by atoms with Gasteiger partial charge in [-0.2, -0.15) is 0 Å². The summed E-state index contributed by atoms with van der Waals surface area (Å²) in [5, 5.41) is 2.96. The molecule has 0 aliphatic carbocycles. The molecule has 6 atom stereocenters. The summed E-state index contributed by atoms with van der Waals surface area (Å²) in [5.74, 6) is 1.13. The average molecular weight is 356 g/mol. The van der Waals surface area contributed by atoms with Crippen LogP contribution in [-0.4, -0.2) is 42.0 Å². The highest BCUT2D eigenvalue weighted by atomic mass is 16.5. The lowest BCUT2D eigenvalue weighted by atomic mass is 9.70. The number of nitrogens with one attached hydrogen (secondary N) is 1. The van der Waals surface area contributed by atoms with Gasteiger partial charge in [-0.1, -0.05) is 31.5 Å². The highest BCUT2D eigenvalue weighted by molar-refractivity contribution is 5.94. The third-order valence-corrected chi connectivity index (χ3v) is 6.58. The zero-order chi connectivity index (χ0) is 18.3. The first-order valence-electron chi connectivity index (χ1n) is 9.86. The first kappa shape index (κ1) is 17.5. The van der Waals surface area contributed by atoms with E-state index >= 15 is 0 Å². The third kappa shape index (κ3) is 3.13. The standard InChI is InChI=1S/C21H28N2O3/c1-3-14-12-23-9-8-15(14)10-19(23)21(26-13(2)24)17-11-20(25)22-18-7-5-4-6-16(17)18/h4-7,14-15,17,19,21H,3,8-12H2,1-2H3,(H,22,25)/t14-,15-,17?,19+,21?/m0/s1. The number of ether oxygens (including phenoxy) is 1. The van der Waals surface area contributed by atoms with E-state index in [1.54, 1.807) is 0 Å². The Morgan fingerprint density at radius 3 is 2.88 bits per heavy atom. The second-order valence-corrected chi connectivity index (χ2v) is 8.04. The van der Waals surface area contributed by atoms with E-state index in [0.29, 0.717) is 12.3 Å². The van der Waals surface area contributed by atoms with Gasteiger partial charge < -0.3 is 10.1 Å². The first-order chi connectivity index (χ1) is 12.6. The van der Waals surface area contributed by atoms with Gasteiger partial charge in [0.25, 0.3) is 0 Å². The van der Waals surface area contributed by atoms with Crippen molar-refractivity contribution in [2.24, 2.45) is 11.8 Å². The number of benzene rings is 1. The fourth-order valence-corrected chi connectivity index (χ4v) is 5.34. The minimum absolute atomic E-state index is 0.00764. The van der Waals surface area contributed by atoms with Gasteiger partial charge in [0, 0.05) is 37.5 Å². The molecule has 5 rings (SSSR count). The zero-order valence-corrected chi connectivity index (χ0v) is 15.6. The van der Waals surface area contributed by atoms with Gasteiger partial charge in [-0.25, -0.2) is 0 Å².